The van der Waals surface area contributed by atoms with Crippen molar-refractivity contribution in [3.8, 4) is 0 Å². The van der Waals surface area contributed by atoms with E-state index >= 15 is 0 Å². The summed E-state index contributed by atoms with van der Waals surface area (Å²) in [4.78, 5) is 39.8. The Balaban J connectivity index is 2.94. The zero-order valence-electron chi connectivity index (χ0n) is 10.4. The number of carbonyl (C=O) groups is 2. The summed E-state index contributed by atoms with van der Waals surface area (Å²) >= 11 is 1.15. The topological polar surface area (TPSA) is 138 Å². The maximum Gasteiger partial charge on any atom is 0.346 e. The molecular formula is C10H14N4O4S. The maximum atomic E-state index is 11.9. The number of aromatic amines is 1. The monoisotopic (exact) mass is 286 g/mol. The number of aliphatic hydroxyl groups is 1. The number of rotatable bonds is 5. The van der Waals surface area contributed by atoms with Crippen LogP contribution in [0.3, 0.4) is 0 Å². The Bertz CT molecular complexity index is 557. The van der Waals surface area contributed by atoms with E-state index < -0.39 is 23.6 Å². The molecule has 0 aromatic carbocycles. The van der Waals surface area contributed by atoms with Crippen molar-refractivity contribution in [2.24, 2.45) is 5.73 Å². The van der Waals surface area contributed by atoms with Gasteiger partial charge in [0.1, 0.15) is 11.1 Å². The molecule has 0 saturated carbocycles. The molecule has 104 valence electrons. The summed E-state index contributed by atoms with van der Waals surface area (Å²) < 4.78 is 0. The van der Waals surface area contributed by atoms with Crippen molar-refractivity contribution < 1.29 is 14.7 Å². The first-order chi connectivity index (χ1) is 8.86. The van der Waals surface area contributed by atoms with E-state index in [9.17, 15) is 19.5 Å². The Labute approximate surface area is 112 Å². The zero-order valence-corrected chi connectivity index (χ0v) is 11.2. The van der Waals surface area contributed by atoms with Gasteiger partial charge in [0.05, 0.1) is 12.1 Å². The Morgan fingerprint density at radius 1 is 1.58 bits per heavy atom. The third-order valence-corrected chi connectivity index (χ3v) is 2.97. The third kappa shape index (κ3) is 3.80. The highest BCUT2D eigenvalue weighted by Crippen LogP contribution is 2.17. The van der Waals surface area contributed by atoms with Crippen molar-refractivity contribution in [2.45, 2.75) is 18.1 Å². The van der Waals surface area contributed by atoms with E-state index in [0.717, 1.165) is 11.8 Å². The molecule has 9 heteroatoms. The molecule has 0 bridgehead atoms. The van der Waals surface area contributed by atoms with Gasteiger partial charge in [-0.2, -0.15) is 4.98 Å². The largest absolute Gasteiger partial charge is 0.381 e. The summed E-state index contributed by atoms with van der Waals surface area (Å²) in [7, 11) is 0. The molecule has 2 amide bonds. The lowest BCUT2D eigenvalue weighted by molar-refractivity contribution is -0.125. The molecule has 0 aliphatic carbocycles. The molecule has 0 aliphatic heterocycles. The van der Waals surface area contributed by atoms with Crippen LogP contribution in [0, 0.1) is 6.92 Å². The summed E-state index contributed by atoms with van der Waals surface area (Å²) in [5.74, 6) is -1.48. The normalized spacial score (nSPS) is 11.9. The zero-order chi connectivity index (χ0) is 14.6. The predicted molar refractivity (Wildman–Crippen MR) is 68.9 cm³/mol. The van der Waals surface area contributed by atoms with Crippen LogP contribution in [0.15, 0.2) is 9.82 Å². The Morgan fingerprint density at radius 2 is 2.21 bits per heavy atom. The number of aryl methyl sites for hydroxylation is 1. The van der Waals surface area contributed by atoms with Crippen LogP contribution in [0.5, 0.6) is 0 Å². The number of amides is 2. The van der Waals surface area contributed by atoms with Crippen LogP contribution in [0.4, 0.5) is 0 Å². The van der Waals surface area contributed by atoms with Crippen molar-refractivity contribution in [1.29, 1.82) is 0 Å². The number of nitrogens with one attached hydrogen (secondary N) is 2. The highest BCUT2D eigenvalue weighted by Gasteiger charge is 2.19. The van der Waals surface area contributed by atoms with Crippen molar-refractivity contribution in [3.05, 3.63) is 21.7 Å². The van der Waals surface area contributed by atoms with Gasteiger partial charge in [0, 0.05) is 5.69 Å². The van der Waals surface area contributed by atoms with Crippen molar-refractivity contribution in [3.63, 3.8) is 0 Å². The smallest absolute Gasteiger partial charge is 0.346 e. The van der Waals surface area contributed by atoms with Gasteiger partial charge in [-0.15, -0.1) is 11.8 Å². The van der Waals surface area contributed by atoms with Gasteiger partial charge in [-0.3, -0.25) is 9.59 Å². The number of primary amides is 1. The van der Waals surface area contributed by atoms with E-state index in [2.05, 4.69) is 15.3 Å². The second-order valence-electron chi connectivity index (χ2n) is 3.68. The Kier molecular flexibility index (Phi) is 5.07. The second-order valence-corrected chi connectivity index (χ2v) is 4.47. The van der Waals surface area contributed by atoms with E-state index in [-0.39, 0.29) is 17.1 Å². The minimum Gasteiger partial charge on any atom is -0.381 e. The fourth-order valence-electron chi connectivity index (χ4n) is 1.35. The molecule has 1 aromatic heterocycles. The molecule has 0 saturated heterocycles. The maximum absolute atomic E-state index is 11.9. The van der Waals surface area contributed by atoms with Crippen LogP contribution in [0.1, 0.15) is 16.1 Å². The fraction of sp³-hybridized carbons (Fsp3) is 0.400. The average molecular weight is 286 g/mol. The summed E-state index contributed by atoms with van der Waals surface area (Å²) in [6.07, 6.45) is 0.216. The number of hydrogen-bond donors (Lipinski definition) is 4. The molecule has 0 fully saturated rings. The van der Waals surface area contributed by atoms with Gasteiger partial charge in [-0.1, -0.05) is 0 Å². The highest BCUT2D eigenvalue weighted by molar-refractivity contribution is 7.98. The third-order valence-electron chi connectivity index (χ3n) is 2.29. The van der Waals surface area contributed by atoms with Crippen LogP contribution in [-0.4, -0.2) is 45.8 Å². The summed E-state index contributed by atoms with van der Waals surface area (Å²) in [6, 6.07) is 0. The number of carbonyl (C=O) groups excluding carboxylic acids is 2. The number of nitrogens with zero attached hydrogens (tertiary/aromatic N) is 1. The second kappa shape index (κ2) is 6.34. The minimum absolute atomic E-state index is 0.198. The van der Waals surface area contributed by atoms with Crippen LogP contribution in [0.25, 0.3) is 0 Å². The van der Waals surface area contributed by atoms with Gasteiger partial charge < -0.3 is 21.1 Å². The Morgan fingerprint density at radius 3 is 2.74 bits per heavy atom. The van der Waals surface area contributed by atoms with E-state index in [0.29, 0.717) is 5.69 Å². The first-order valence-corrected chi connectivity index (χ1v) is 6.49. The van der Waals surface area contributed by atoms with E-state index in [1.807, 2.05) is 0 Å². The molecule has 1 rings (SSSR count). The van der Waals surface area contributed by atoms with Crippen LogP contribution < -0.4 is 16.7 Å². The molecule has 1 aromatic rings. The van der Waals surface area contributed by atoms with Crippen molar-refractivity contribution in [1.82, 2.24) is 15.3 Å². The molecule has 0 radical (unpaired) electrons. The van der Waals surface area contributed by atoms with Crippen LogP contribution in [-0.2, 0) is 4.79 Å². The summed E-state index contributed by atoms with van der Waals surface area (Å²) in [6.45, 7) is 1.25. The van der Waals surface area contributed by atoms with Crippen molar-refractivity contribution in [2.75, 3.05) is 12.8 Å². The number of hydrogen-bond acceptors (Lipinski definition) is 6. The van der Waals surface area contributed by atoms with Gasteiger partial charge in [0.15, 0.2) is 0 Å². The van der Waals surface area contributed by atoms with E-state index in [4.69, 9.17) is 5.73 Å². The van der Waals surface area contributed by atoms with E-state index in [1.165, 1.54) is 0 Å². The number of thioether (sulfide) groups is 1. The number of aliphatic hydroxyl groups excluding tert-OH is 1. The first-order valence-electron chi connectivity index (χ1n) is 5.27. The standard InChI is InChI=1S/C10H14N4O4S/c1-4-6(9(19-2)14-10(18)13-4)8(17)12-3-5(15)7(11)16/h5,15H,3H2,1-2H3,(H2,11,16)(H,12,17)(H,13,14,18). The van der Waals surface area contributed by atoms with Gasteiger partial charge in [0.2, 0.25) is 5.91 Å². The van der Waals surface area contributed by atoms with E-state index in [1.54, 1.807) is 13.2 Å². The highest BCUT2D eigenvalue weighted by atomic mass is 32.2. The van der Waals surface area contributed by atoms with Crippen LogP contribution in [0.2, 0.25) is 0 Å². The number of nitrogens with two attached hydrogens (primary N) is 1. The molecule has 1 heterocycles. The molecule has 1 atom stereocenters. The van der Waals surface area contributed by atoms with Crippen LogP contribution >= 0.6 is 11.8 Å². The summed E-state index contributed by atoms with van der Waals surface area (Å²) in [5, 5.41) is 11.8. The summed E-state index contributed by atoms with van der Waals surface area (Å²) in [5.41, 5.74) is 4.87. The lowest BCUT2D eigenvalue weighted by Gasteiger charge is -2.11. The number of aromatic nitrogens is 2. The molecule has 8 nitrogen and oxygen atoms in total. The first kappa shape index (κ1) is 15.2. The lowest BCUT2D eigenvalue weighted by Crippen LogP contribution is -2.40. The predicted octanol–water partition coefficient (Wildman–Crippen LogP) is -1.62. The molecule has 0 spiro atoms. The number of H-pyrrole nitrogens is 1. The molecule has 0 aliphatic rings. The van der Waals surface area contributed by atoms with Gasteiger partial charge >= 0.3 is 5.69 Å². The quantitative estimate of drug-likeness (QED) is 0.379. The molecular weight excluding hydrogens is 272 g/mol. The van der Waals surface area contributed by atoms with Crippen molar-refractivity contribution >= 4 is 23.6 Å². The average Bonchev–Trinajstić information content (AvgIpc) is 2.34. The van der Waals surface area contributed by atoms with Gasteiger partial charge in [0.25, 0.3) is 5.91 Å². The SMILES string of the molecule is CSc1nc(=O)[nH]c(C)c1C(=O)NCC(O)C(N)=O. The molecule has 19 heavy (non-hydrogen) atoms. The Hall–Kier alpha value is -1.87. The van der Waals surface area contributed by atoms with Gasteiger partial charge in [-0.05, 0) is 13.2 Å². The molecule has 1 unspecified atom stereocenters. The molecule has 5 N–H and O–H groups in total. The lowest BCUT2D eigenvalue weighted by atomic mass is 10.2. The van der Waals surface area contributed by atoms with Gasteiger partial charge in [-0.25, -0.2) is 4.79 Å². The fourth-order valence-corrected chi connectivity index (χ4v) is 1.98. The minimum atomic E-state index is -1.46.